The fourth-order valence-corrected chi connectivity index (χ4v) is 3.51. The molecule has 0 aromatic heterocycles. The lowest BCUT2D eigenvalue weighted by atomic mass is 10.1. The number of oxime groups is 1. The van der Waals surface area contributed by atoms with Crippen molar-refractivity contribution in [2.45, 2.75) is 44.9 Å². The number of anilines is 2. The Bertz CT molecular complexity index is 949. The SMILES string of the molecule is Nc1ccccc1NC(=O)CCCCCCCNC(=O)/C(Cc1ccc(O)c(Br)c1)=N/O. The third kappa shape index (κ3) is 8.58. The number of para-hydroxylation sites is 2. The Labute approximate surface area is 196 Å². The number of unbranched alkanes of at least 4 members (excludes halogenated alkanes) is 4. The van der Waals surface area contributed by atoms with E-state index in [0.717, 1.165) is 37.7 Å². The number of aromatic hydroxyl groups is 1. The zero-order valence-electron chi connectivity index (χ0n) is 17.8. The number of carbonyl (C=O) groups is 2. The van der Waals surface area contributed by atoms with Crippen LogP contribution in [-0.4, -0.2) is 34.4 Å². The van der Waals surface area contributed by atoms with Gasteiger partial charge in [-0.1, -0.05) is 42.6 Å². The molecule has 0 aliphatic carbocycles. The molecule has 2 amide bonds. The second-order valence-corrected chi connectivity index (χ2v) is 8.27. The van der Waals surface area contributed by atoms with Gasteiger partial charge in [-0.15, -0.1) is 0 Å². The summed E-state index contributed by atoms with van der Waals surface area (Å²) in [5.74, 6) is -0.373. The van der Waals surface area contributed by atoms with Crippen LogP contribution in [0.3, 0.4) is 0 Å². The second kappa shape index (κ2) is 13.4. The maximum absolute atomic E-state index is 12.2. The van der Waals surface area contributed by atoms with E-state index in [2.05, 4.69) is 31.7 Å². The summed E-state index contributed by atoms with van der Waals surface area (Å²) in [5.41, 5.74) is 7.74. The smallest absolute Gasteiger partial charge is 0.269 e. The Morgan fingerprint density at radius 1 is 1.03 bits per heavy atom. The molecular weight excluding hydrogens is 476 g/mol. The van der Waals surface area contributed by atoms with E-state index >= 15 is 0 Å². The average Bonchev–Trinajstić information content (AvgIpc) is 2.77. The monoisotopic (exact) mass is 504 g/mol. The van der Waals surface area contributed by atoms with Crippen molar-refractivity contribution >= 4 is 44.8 Å². The zero-order valence-corrected chi connectivity index (χ0v) is 19.4. The molecule has 0 heterocycles. The van der Waals surface area contributed by atoms with Crippen LogP contribution in [0.1, 0.15) is 44.1 Å². The van der Waals surface area contributed by atoms with E-state index in [1.54, 1.807) is 24.3 Å². The summed E-state index contributed by atoms with van der Waals surface area (Å²) in [6, 6.07) is 12.0. The Morgan fingerprint density at radius 3 is 2.47 bits per heavy atom. The van der Waals surface area contributed by atoms with Crippen LogP contribution in [0, 0.1) is 0 Å². The number of halogens is 1. The molecular formula is C23H29BrN4O4. The number of phenols is 1. The number of nitrogens with one attached hydrogen (secondary N) is 2. The molecule has 0 unspecified atom stereocenters. The summed E-state index contributed by atoms with van der Waals surface area (Å²) >= 11 is 3.22. The molecule has 8 nitrogen and oxygen atoms in total. The summed E-state index contributed by atoms with van der Waals surface area (Å²) in [6.07, 6.45) is 4.97. The van der Waals surface area contributed by atoms with Crippen molar-refractivity contribution in [1.82, 2.24) is 5.32 Å². The molecule has 0 bridgehead atoms. The molecule has 0 saturated heterocycles. The van der Waals surface area contributed by atoms with Crippen LogP contribution in [-0.2, 0) is 16.0 Å². The van der Waals surface area contributed by atoms with Gasteiger partial charge in [0, 0.05) is 19.4 Å². The van der Waals surface area contributed by atoms with E-state index in [-0.39, 0.29) is 23.8 Å². The fourth-order valence-electron chi connectivity index (χ4n) is 3.08. The van der Waals surface area contributed by atoms with Crippen molar-refractivity contribution < 1.29 is 19.9 Å². The highest BCUT2D eigenvalue weighted by molar-refractivity contribution is 9.10. The maximum atomic E-state index is 12.2. The quantitative estimate of drug-likeness (QED) is 0.0968. The molecule has 9 heteroatoms. The van der Waals surface area contributed by atoms with E-state index in [4.69, 9.17) is 10.9 Å². The number of amides is 2. The number of nitrogens with two attached hydrogens (primary N) is 1. The number of hydrogen-bond acceptors (Lipinski definition) is 6. The van der Waals surface area contributed by atoms with Gasteiger partial charge in [0.2, 0.25) is 5.91 Å². The van der Waals surface area contributed by atoms with Crippen LogP contribution >= 0.6 is 15.9 Å². The van der Waals surface area contributed by atoms with Crippen LogP contribution in [0.15, 0.2) is 52.1 Å². The number of benzene rings is 2. The van der Waals surface area contributed by atoms with E-state index in [1.165, 1.54) is 6.07 Å². The number of carbonyl (C=O) groups excluding carboxylic acids is 2. The minimum Gasteiger partial charge on any atom is -0.507 e. The Hall–Kier alpha value is -3.07. The van der Waals surface area contributed by atoms with E-state index < -0.39 is 5.91 Å². The highest BCUT2D eigenvalue weighted by Crippen LogP contribution is 2.24. The molecule has 6 N–H and O–H groups in total. The first kappa shape index (κ1) is 25.2. The van der Waals surface area contributed by atoms with Crippen molar-refractivity contribution in [2.24, 2.45) is 5.16 Å². The lowest BCUT2D eigenvalue weighted by molar-refractivity contribution is -0.116. The second-order valence-electron chi connectivity index (χ2n) is 7.42. The number of nitrogens with zero attached hydrogens (tertiary/aromatic N) is 1. The molecule has 0 fully saturated rings. The first-order valence-corrected chi connectivity index (χ1v) is 11.3. The molecule has 2 aromatic carbocycles. The normalized spacial score (nSPS) is 11.2. The predicted octanol–water partition coefficient (Wildman–Crippen LogP) is 4.21. The van der Waals surface area contributed by atoms with E-state index in [1.807, 2.05) is 12.1 Å². The molecule has 172 valence electrons. The van der Waals surface area contributed by atoms with Crippen LogP contribution in [0.4, 0.5) is 11.4 Å². The van der Waals surface area contributed by atoms with Crippen molar-refractivity contribution in [2.75, 3.05) is 17.6 Å². The molecule has 2 aromatic rings. The molecule has 0 atom stereocenters. The fraction of sp³-hybridized carbons (Fsp3) is 0.348. The number of phenolic OH excluding ortho intramolecular Hbond substituents is 1. The van der Waals surface area contributed by atoms with Gasteiger partial charge in [-0.25, -0.2) is 0 Å². The largest absolute Gasteiger partial charge is 0.507 e. The summed E-state index contributed by atoms with van der Waals surface area (Å²) in [5, 5.41) is 27.4. The lowest BCUT2D eigenvalue weighted by Crippen LogP contribution is -2.33. The van der Waals surface area contributed by atoms with Gasteiger partial charge in [0.25, 0.3) is 5.91 Å². The van der Waals surface area contributed by atoms with Gasteiger partial charge in [-0.05, 0) is 58.6 Å². The highest BCUT2D eigenvalue weighted by Gasteiger charge is 2.13. The third-order valence-corrected chi connectivity index (χ3v) is 5.50. The van der Waals surface area contributed by atoms with Gasteiger partial charge in [-0.3, -0.25) is 9.59 Å². The zero-order chi connectivity index (χ0) is 23.3. The molecule has 2 rings (SSSR count). The van der Waals surface area contributed by atoms with E-state index in [0.29, 0.717) is 28.8 Å². The van der Waals surface area contributed by atoms with Gasteiger partial charge in [0.15, 0.2) is 0 Å². The topological polar surface area (TPSA) is 137 Å². The molecule has 0 aliphatic heterocycles. The highest BCUT2D eigenvalue weighted by atomic mass is 79.9. The number of nitrogen functional groups attached to an aromatic ring is 1. The molecule has 0 spiro atoms. The van der Waals surface area contributed by atoms with Gasteiger partial charge >= 0.3 is 0 Å². The van der Waals surface area contributed by atoms with E-state index in [9.17, 15) is 14.7 Å². The maximum Gasteiger partial charge on any atom is 0.269 e. The molecule has 0 saturated carbocycles. The standard InChI is InChI=1S/C23H29BrN4O4/c24-17-14-16(11-12-21(17)29)15-20(28-32)23(31)26-13-7-3-1-2-4-10-22(30)27-19-9-6-5-8-18(19)25/h5-6,8-9,11-12,14,29,32H,1-4,7,10,13,15,25H2,(H,26,31)(H,27,30)/b28-20+. The van der Waals surface area contributed by atoms with Crippen molar-refractivity contribution in [1.29, 1.82) is 0 Å². The van der Waals surface area contributed by atoms with Gasteiger partial charge < -0.3 is 26.7 Å². The third-order valence-electron chi connectivity index (χ3n) is 4.87. The van der Waals surface area contributed by atoms with Crippen molar-refractivity contribution in [3.05, 3.63) is 52.5 Å². The van der Waals surface area contributed by atoms with Gasteiger partial charge in [-0.2, -0.15) is 0 Å². The molecule has 32 heavy (non-hydrogen) atoms. The summed E-state index contributed by atoms with van der Waals surface area (Å²) in [4.78, 5) is 24.2. The first-order valence-electron chi connectivity index (χ1n) is 10.5. The first-order chi connectivity index (χ1) is 15.4. The summed E-state index contributed by atoms with van der Waals surface area (Å²) in [6.45, 7) is 0.477. The van der Waals surface area contributed by atoms with Crippen LogP contribution in [0.2, 0.25) is 0 Å². The average molecular weight is 505 g/mol. The Balaban J connectivity index is 1.57. The van der Waals surface area contributed by atoms with Crippen LogP contribution in [0.25, 0.3) is 0 Å². The molecule has 0 radical (unpaired) electrons. The van der Waals surface area contributed by atoms with Crippen LogP contribution < -0.4 is 16.4 Å². The predicted molar refractivity (Wildman–Crippen MR) is 129 cm³/mol. The van der Waals surface area contributed by atoms with Crippen molar-refractivity contribution in [3.63, 3.8) is 0 Å². The summed E-state index contributed by atoms with van der Waals surface area (Å²) < 4.78 is 0.509. The minimum atomic E-state index is -0.423. The Morgan fingerprint density at radius 2 is 1.75 bits per heavy atom. The minimum absolute atomic E-state index is 0.00709. The molecule has 0 aliphatic rings. The van der Waals surface area contributed by atoms with Gasteiger partial charge in [0.05, 0.1) is 15.8 Å². The van der Waals surface area contributed by atoms with Gasteiger partial charge in [0.1, 0.15) is 11.5 Å². The number of rotatable bonds is 12. The van der Waals surface area contributed by atoms with Crippen LogP contribution in [0.5, 0.6) is 5.75 Å². The lowest BCUT2D eigenvalue weighted by Gasteiger charge is -2.08. The Kier molecular flexibility index (Phi) is 10.5. The number of hydrogen-bond donors (Lipinski definition) is 5. The summed E-state index contributed by atoms with van der Waals surface area (Å²) in [7, 11) is 0. The van der Waals surface area contributed by atoms with Crippen molar-refractivity contribution in [3.8, 4) is 5.75 Å².